The van der Waals surface area contributed by atoms with E-state index in [0.717, 1.165) is 49.3 Å². The van der Waals surface area contributed by atoms with E-state index in [2.05, 4.69) is 13.8 Å². The fourth-order valence-electron chi connectivity index (χ4n) is 2.90. The van der Waals surface area contributed by atoms with Crippen LogP contribution in [-0.4, -0.2) is 16.2 Å². The Hall–Kier alpha value is -1.84. The first kappa shape index (κ1) is 15.1. The zero-order chi connectivity index (χ0) is 15.5. The zero-order valence-corrected chi connectivity index (χ0v) is 13.5. The molecule has 0 fully saturated rings. The lowest BCUT2D eigenvalue weighted by molar-refractivity contribution is 0.290. The summed E-state index contributed by atoms with van der Waals surface area (Å²) in [6.45, 7) is 5.82. The first-order valence-corrected chi connectivity index (χ1v) is 8.31. The van der Waals surface area contributed by atoms with Gasteiger partial charge in [0.05, 0.1) is 17.5 Å². The van der Waals surface area contributed by atoms with E-state index in [9.17, 15) is 4.79 Å². The van der Waals surface area contributed by atoms with Crippen LogP contribution in [0.1, 0.15) is 45.4 Å². The minimum Gasteiger partial charge on any atom is -0.494 e. The number of aryl methyl sites for hydroxylation is 1. The normalized spacial score (nSPS) is 14.9. The molecule has 4 nitrogen and oxygen atoms in total. The molecule has 0 saturated carbocycles. The smallest absolute Gasteiger partial charge is 0.261 e. The summed E-state index contributed by atoms with van der Waals surface area (Å²) in [7, 11) is 0. The first-order valence-electron chi connectivity index (χ1n) is 8.31. The van der Waals surface area contributed by atoms with Gasteiger partial charge in [-0.1, -0.05) is 20.3 Å². The largest absolute Gasteiger partial charge is 0.494 e. The van der Waals surface area contributed by atoms with Gasteiger partial charge >= 0.3 is 0 Å². The van der Waals surface area contributed by atoms with Crippen molar-refractivity contribution in [3.05, 3.63) is 34.4 Å². The molecule has 4 heteroatoms. The van der Waals surface area contributed by atoms with Crippen LogP contribution in [0.15, 0.2) is 23.0 Å². The van der Waals surface area contributed by atoms with Crippen molar-refractivity contribution >= 4 is 10.9 Å². The van der Waals surface area contributed by atoms with Gasteiger partial charge in [-0.05, 0) is 43.4 Å². The van der Waals surface area contributed by atoms with E-state index < -0.39 is 0 Å². The van der Waals surface area contributed by atoms with Gasteiger partial charge in [0.2, 0.25) is 0 Å². The Labute approximate surface area is 131 Å². The number of ether oxygens (including phenoxy) is 1. The van der Waals surface area contributed by atoms with Crippen LogP contribution < -0.4 is 10.3 Å². The highest BCUT2D eigenvalue weighted by atomic mass is 16.5. The molecule has 0 N–H and O–H groups in total. The van der Waals surface area contributed by atoms with Gasteiger partial charge in [0.25, 0.3) is 5.56 Å². The Bertz CT molecular complexity index is 719. The second kappa shape index (κ2) is 6.51. The van der Waals surface area contributed by atoms with Gasteiger partial charge in [-0.3, -0.25) is 9.36 Å². The number of aromatic nitrogens is 2. The maximum atomic E-state index is 12.7. The summed E-state index contributed by atoms with van der Waals surface area (Å²) in [4.78, 5) is 17.4. The fourth-order valence-corrected chi connectivity index (χ4v) is 2.90. The third-order valence-corrected chi connectivity index (χ3v) is 4.25. The van der Waals surface area contributed by atoms with Crippen molar-refractivity contribution in [3.63, 3.8) is 0 Å². The molecular formula is C18H24N2O2. The van der Waals surface area contributed by atoms with E-state index >= 15 is 0 Å². The summed E-state index contributed by atoms with van der Waals surface area (Å²) >= 11 is 0. The summed E-state index contributed by atoms with van der Waals surface area (Å²) in [6, 6.07) is 5.68. The van der Waals surface area contributed by atoms with E-state index in [1.165, 1.54) is 6.42 Å². The standard InChI is InChI=1S/C18H24N2O2/c1-13(2)9-11-22-14-7-8-16-15(12-14)18(21)20-10-5-3-4-6-17(20)19-16/h7-8,12-13H,3-6,9-11H2,1-2H3. The van der Waals surface area contributed by atoms with Gasteiger partial charge in [0.1, 0.15) is 11.6 Å². The first-order chi connectivity index (χ1) is 10.6. The van der Waals surface area contributed by atoms with Gasteiger partial charge in [0, 0.05) is 13.0 Å². The van der Waals surface area contributed by atoms with Crippen molar-refractivity contribution in [3.8, 4) is 5.75 Å². The van der Waals surface area contributed by atoms with Crippen LogP contribution in [0.25, 0.3) is 10.9 Å². The van der Waals surface area contributed by atoms with Crippen LogP contribution in [0.4, 0.5) is 0 Å². The van der Waals surface area contributed by atoms with Crippen molar-refractivity contribution in [1.29, 1.82) is 0 Å². The van der Waals surface area contributed by atoms with E-state index in [4.69, 9.17) is 9.72 Å². The highest BCUT2D eigenvalue weighted by Crippen LogP contribution is 2.20. The van der Waals surface area contributed by atoms with E-state index in [-0.39, 0.29) is 5.56 Å². The predicted molar refractivity (Wildman–Crippen MR) is 88.5 cm³/mol. The van der Waals surface area contributed by atoms with Crippen molar-refractivity contribution < 1.29 is 4.74 Å². The van der Waals surface area contributed by atoms with E-state index in [1.54, 1.807) is 0 Å². The lowest BCUT2D eigenvalue weighted by atomic mass is 10.1. The second-order valence-electron chi connectivity index (χ2n) is 6.51. The van der Waals surface area contributed by atoms with Crippen molar-refractivity contribution in [1.82, 2.24) is 9.55 Å². The molecule has 0 saturated heterocycles. The Morgan fingerprint density at radius 2 is 2.14 bits per heavy atom. The number of nitrogens with zero attached hydrogens (tertiary/aromatic N) is 2. The Morgan fingerprint density at radius 3 is 2.95 bits per heavy atom. The van der Waals surface area contributed by atoms with Crippen LogP contribution in [0.2, 0.25) is 0 Å². The quantitative estimate of drug-likeness (QED) is 0.867. The van der Waals surface area contributed by atoms with Gasteiger partial charge in [-0.2, -0.15) is 0 Å². The van der Waals surface area contributed by atoms with E-state index in [1.807, 2.05) is 22.8 Å². The molecule has 0 aliphatic carbocycles. The Balaban J connectivity index is 1.94. The molecule has 3 rings (SSSR count). The van der Waals surface area contributed by atoms with Crippen molar-refractivity contribution in [2.45, 2.75) is 52.5 Å². The van der Waals surface area contributed by atoms with Crippen LogP contribution >= 0.6 is 0 Å². The number of hydrogen-bond acceptors (Lipinski definition) is 3. The molecule has 2 aromatic rings. The summed E-state index contributed by atoms with van der Waals surface area (Å²) in [6.07, 6.45) is 5.26. The van der Waals surface area contributed by atoms with Crippen molar-refractivity contribution in [2.24, 2.45) is 5.92 Å². The number of rotatable bonds is 4. The molecule has 118 valence electrons. The number of fused-ring (bicyclic) bond motifs is 2. The lowest BCUT2D eigenvalue weighted by Crippen LogP contribution is -2.24. The molecule has 2 heterocycles. The molecule has 0 radical (unpaired) electrons. The minimum absolute atomic E-state index is 0.0798. The van der Waals surface area contributed by atoms with Crippen molar-refractivity contribution in [2.75, 3.05) is 6.61 Å². The molecule has 1 aromatic heterocycles. The molecule has 22 heavy (non-hydrogen) atoms. The maximum absolute atomic E-state index is 12.7. The summed E-state index contributed by atoms with van der Waals surface area (Å²) in [5.41, 5.74) is 0.866. The number of hydrogen-bond donors (Lipinski definition) is 0. The van der Waals surface area contributed by atoms with Gasteiger partial charge < -0.3 is 4.74 Å². The average Bonchev–Trinajstić information content (AvgIpc) is 2.73. The predicted octanol–water partition coefficient (Wildman–Crippen LogP) is 3.55. The van der Waals surface area contributed by atoms with Gasteiger partial charge in [-0.25, -0.2) is 4.98 Å². The molecular weight excluding hydrogens is 276 g/mol. The van der Waals surface area contributed by atoms with Crippen LogP contribution in [-0.2, 0) is 13.0 Å². The van der Waals surface area contributed by atoms with Gasteiger partial charge in [0.15, 0.2) is 0 Å². The summed E-state index contributed by atoms with van der Waals surface area (Å²) in [5.74, 6) is 2.31. The third-order valence-electron chi connectivity index (χ3n) is 4.25. The third kappa shape index (κ3) is 3.16. The highest BCUT2D eigenvalue weighted by Gasteiger charge is 2.14. The topological polar surface area (TPSA) is 44.1 Å². The SMILES string of the molecule is CC(C)CCOc1ccc2nc3n(c(=O)c2c1)CCCCC3. The minimum atomic E-state index is 0.0798. The summed E-state index contributed by atoms with van der Waals surface area (Å²) < 4.78 is 7.63. The molecule has 0 atom stereocenters. The Kier molecular flexibility index (Phi) is 4.46. The monoisotopic (exact) mass is 300 g/mol. The lowest BCUT2D eigenvalue weighted by Gasteiger charge is -2.12. The number of benzene rings is 1. The van der Waals surface area contributed by atoms with E-state index in [0.29, 0.717) is 17.9 Å². The zero-order valence-electron chi connectivity index (χ0n) is 13.5. The fraction of sp³-hybridized carbons (Fsp3) is 0.556. The molecule has 1 aromatic carbocycles. The molecule has 0 unspecified atom stereocenters. The van der Waals surface area contributed by atoms with Crippen LogP contribution in [0.5, 0.6) is 5.75 Å². The Morgan fingerprint density at radius 1 is 1.27 bits per heavy atom. The average molecular weight is 300 g/mol. The van der Waals surface area contributed by atoms with Gasteiger partial charge in [-0.15, -0.1) is 0 Å². The molecule has 1 aliphatic heterocycles. The maximum Gasteiger partial charge on any atom is 0.261 e. The summed E-state index contributed by atoms with van der Waals surface area (Å²) in [5, 5.41) is 0.674. The highest BCUT2D eigenvalue weighted by molar-refractivity contribution is 5.79. The molecule has 0 spiro atoms. The van der Waals surface area contributed by atoms with Crippen LogP contribution in [0, 0.1) is 5.92 Å². The van der Waals surface area contributed by atoms with Crippen LogP contribution in [0.3, 0.4) is 0 Å². The molecule has 0 amide bonds. The second-order valence-corrected chi connectivity index (χ2v) is 6.51. The molecule has 1 aliphatic rings. The molecule has 0 bridgehead atoms.